The van der Waals surface area contributed by atoms with Gasteiger partial charge in [0.15, 0.2) is 0 Å². The molecule has 0 aromatic heterocycles. The highest BCUT2D eigenvalue weighted by Crippen LogP contribution is 2.32. The van der Waals surface area contributed by atoms with Crippen molar-refractivity contribution in [3.63, 3.8) is 0 Å². The Hall–Kier alpha value is -2.50. The van der Waals surface area contributed by atoms with Gasteiger partial charge in [0.2, 0.25) is 5.91 Å². The van der Waals surface area contributed by atoms with Crippen LogP contribution in [0.5, 0.6) is 5.75 Å². The highest BCUT2D eigenvalue weighted by atomic mass is 16.6. The fourth-order valence-electron chi connectivity index (χ4n) is 4.79. The molecule has 186 valence electrons. The number of allylic oxidation sites excluding steroid dienone is 2. The number of piperidine rings is 1. The van der Waals surface area contributed by atoms with E-state index in [0.717, 1.165) is 63.8 Å². The summed E-state index contributed by atoms with van der Waals surface area (Å²) in [6.45, 7) is 7.79. The summed E-state index contributed by atoms with van der Waals surface area (Å²) >= 11 is 0. The van der Waals surface area contributed by atoms with Crippen LogP contribution in [0.4, 0.5) is 4.79 Å². The van der Waals surface area contributed by atoms with Crippen LogP contribution in [0.1, 0.15) is 77.7 Å². The number of hydrogen-bond donors (Lipinski definition) is 1. The van der Waals surface area contributed by atoms with Crippen molar-refractivity contribution in [1.82, 2.24) is 10.2 Å². The number of amides is 2. The number of rotatable bonds is 6. The first-order valence-corrected chi connectivity index (χ1v) is 13.0. The molecule has 2 amide bonds. The molecule has 1 N–H and O–H groups in total. The van der Waals surface area contributed by atoms with Gasteiger partial charge in [-0.05, 0) is 101 Å². The number of nitrogens with one attached hydrogen (secondary N) is 1. The van der Waals surface area contributed by atoms with E-state index >= 15 is 0 Å². The highest BCUT2D eigenvalue weighted by Gasteiger charge is 2.28. The van der Waals surface area contributed by atoms with E-state index in [2.05, 4.69) is 23.5 Å². The molecule has 0 radical (unpaired) electrons. The predicted octanol–water partition coefficient (Wildman–Crippen LogP) is 5.56. The molecule has 6 heteroatoms. The zero-order valence-electron chi connectivity index (χ0n) is 21.0. The lowest BCUT2D eigenvalue weighted by Crippen LogP contribution is -2.42. The summed E-state index contributed by atoms with van der Waals surface area (Å²) in [4.78, 5) is 26.4. The number of ether oxygens (including phenoxy) is 2. The Balaban J connectivity index is 1.19. The van der Waals surface area contributed by atoms with E-state index in [1.54, 1.807) is 4.90 Å². The molecule has 34 heavy (non-hydrogen) atoms. The summed E-state index contributed by atoms with van der Waals surface area (Å²) in [7, 11) is 0. The lowest BCUT2D eigenvalue weighted by atomic mass is 9.85. The van der Waals surface area contributed by atoms with Gasteiger partial charge in [0.25, 0.3) is 0 Å². The Bertz CT molecular complexity index is 875. The smallest absolute Gasteiger partial charge is 0.410 e. The van der Waals surface area contributed by atoms with Crippen molar-refractivity contribution >= 4 is 17.6 Å². The molecule has 4 rings (SSSR count). The molecule has 0 bridgehead atoms. The van der Waals surface area contributed by atoms with E-state index in [1.807, 2.05) is 32.9 Å². The second-order valence-corrected chi connectivity index (χ2v) is 11.1. The Morgan fingerprint density at radius 2 is 1.74 bits per heavy atom. The van der Waals surface area contributed by atoms with E-state index < -0.39 is 5.60 Å². The summed E-state index contributed by atoms with van der Waals surface area (Å²) in [6, 6.07) is 8.76. The lowest BCUT2D eigenvalue weighted by Gasteiger charge is -2.33. The normalized spacial score (nSPS) is 21.9. The molecule has 6 nitrogen and oxygen atoms in total. The SMILES string of the molecule is CC(C)(C)OC(=O)N1CCC(COc2ccc(C3=CCC(C(=O)NC4CCC4)CC3)cc2)CC1. The first-order chi connectivity index (χ1) is 16.3. The van der Waals surface area contributed by atoms with E-state index in [9.17, 15) is 9.59 Å². The summed E-state index contributed by atoms with van der Waals surface area (Å²) in [5.74, 6) is 1.68. The van der Waals surface area contributed by atoms with Crippen LogP contribution in [0.2, 0.25) is 0 Å². The van der Waals surface area contributed by atoms with Crippen molar-refractivity contribution in [3.8, 4) is 5.75 Å². The Morgan fingerprint density at radius 1 is 1.03 bits per heavy atom. The Morgan fingerprint density at radius 3 is 2.29 bits per heavy atom. The Labute approximate surface area is 204 Å². The quantitative estimate of drug-likeness (QED) is 0.593. The fraction of sp³-hybridized carbons (Fsp3) is 0.643. The molecule has 1 aromatic rings. The fourth-order valence-corrected chi connectivity index (χ4v) is 4.79. The summed E-state index contributed by atoms with van der Waals surface area (Å²) in [6.07, 6.45) is 10.1. The van der Waals surface area contributed by atoms with Crippen molar-refractivity contribution < 1.29 is 19.1 Å². The third-order valence-electron chi connectivity index (χ3n) is 7.21. The number of likely N-dealkylation sites (tertiary alicyclic amines) is 1. The van der Waals surface area contributed by atoms with Crippen molar-refractivity contribution in [2.45, 2.75) is 83.8 Å². The molecule has 1 atom stereocenters. The third-order valence-corrected chi connectivity index (χ3v) is 7.21. The van der Waals surface area contributed by atoms with E-state index in [1.165, 1.54) is 17.6 Å². The zero-order chi connectivity index (χ0) is 24.1. The molecule has 0 spiro atoms. The highest BCUT2D eigenvalue weighted by molar-refractivity contribution is 5.81. The van der Waals surface area contributed by atoms with Gasteiger partial charge in [0.1, 0.15) is 11.4 Å². The topological polar surface area (TPSA) is 67.9 Å². The molecule has 1 unspecified atom stereocenters. The van der Waals surface area contributed by atoms with Crippen LogP contribution in [0.25, 0.3) is 5.57 Å². The van der Waals surface area contributed by atoms with Gasteiger partial charge in [-0.2, -0.15) is 0 Å². The van der Waals surface area contributed by atoms with Crippen molar-refractivity contribution in [2.75, 3.05) is 19.7 Å². The first-order valence-electron chi connectivity index (χ1n) is 13.0. The van der Waals surface area contributed by atoms with Crippen LogP contribution in [0.15, 0.2) is 30.3 Å². The zero-order valence-corrected chi connectivity index (χ0v) is 21.0. The minimum Gasteiger partial charge on any atom is -0.493 e. The van der Waals surface area contributed by atoms with Crippen LogP contribution < -0.4 is 10.1 Å². The summed E-state index contributed by atoms with van der Waals surface area (Å²) in [5.41, 5.74) is 2.09. The molecule has 1 heterocycles. The summed E-state index contributed by atoms with van der Waals surface area (Å²) in [5, 5.41) is 3.20. The lowest BCUT2D eigenvalue weighted by molar-refractivity contribution is -0.126. The maximum Gasteiger partial charge on any atom is 0.410 e. The largest absolute Gasteiger partial charge is 0.493 e. The average molecular weight is 469 g/mol. The maximum atomic E-state index is 12.4. The van der Waals surface area contributed by atoms with Crippen molar-refractivity contribution in [1.29, 1.82) is 0 Å². The molecule has 1 aliphatic heterocycles. The number of benzene rings is 1. The molecule has 1 saturated heterocycles. The van der Waals surface area contributed by atoms with E-state index in [-0.39, 0.29) is 17.9 Å². The van der Waals surface area contributed by atoms with Crippen molar-refractivity contribution in [3.05, 3.63) is 35.9 Å². The maximum absolute atomic E-state index is 12.4. The summed E-state index contributed by atoms with van der Waals surface area (Å²) < 4.78 is 11.5. The number of carbonyl (C=O) groups excluding carboxylic acids is 2. The minimum atomic E-state index is -0.456. The molecular weight excluding hydrogens is 428 g/mol. The standard InChI is InChI=1S/C28H40N2O4/c1-28(2,3)34-27(32)30-17-15-20(16-18-30)19-33-25-13-11-22(12-14-25)21-7-9-23(10-8-21)26(31)29-24-5-4-6-24/h7,11-14,20,23-24H,4-6,8-10,15-19H2,1-3H3,(H,29,31). The van der Waals surface area contributed by atoms with E-state index in [4.69, 9.17) is 9.47 Å². The second kappa shape index (κ2) is 10.8. The van der Waals surface area contributed by atoms with Gasteiger partial charge in [0, 0.05) is 25.0 Å². The van der Waals surface area contributed by atoms with Gasteiger partial charge in [-0.1, -0.05) is 18.2 Å². The van der Waals surface area contributed by atoms with Crippen LogP contribution in [-0.2, 0) is 9.53 Å². The van der Waals surface area contributed by atoms with Gasteiger partial charge in [-0.25, -0.2) is 4.79 Å². The number of carbonyl (C=O) groups is 2. The molecule has 2 aliphatic carbocycles. The van der Waals surface area contributed by atoms with Gasteiger partial charge >= 0.3 is 6.09 Å². The Kier molecular flexibility index (Phi) is 7.84. The average Bonchev–Trinajstić information content (AvgIpc) is 2.79. The minimum absolute atomic E-state index is 0.119. The van der Waals surface area contributed by atoms with Gasteiger partial charge in [0.05, 0.1) is 6.61 Å². The van der Waals surface area contributed by atoms with Crippen LogP contribution in [0, 0.1) is 11.8 Å². The predicted molar refractivity (Wildman–Crippen MR) is 134 cm³/mol. The first kappa shape index (κ1) is 24.6. The number of hydrogen-bond acceptors (Lipinski definition) is 4. The van der Waals surface area contributed by atoms with Gasteiger partial charge in [-0.3, -0.25) is 4.79 Å². The second-order valence-electron chi connectivity index (χ2n) is 11.1. The van der Waals surface area contributed by atoms with Crippen molar-refractivity contribution in [2.24, 2.45) is 11.8 Å². The molecule has 3 aliphatic rings. The van der Waals surface area contributed by atoms with Gasteiger partial charge < -0.3 is 19.7 Å². The molecule has 1 saturated carbocycles. The monoisotopic (exact) mass is 468 g/mol. The molecular formula is C28H40N2O4. The van der Waals surface area contributed by atoms with Crippen LogP contribution in [0.3, 0.4) is 0 Å². The molecule has 1 aromatic carbocycles. The number of nitrogens with zero attached hydrogens (tertiary/aromatic N) is 1. The van der Waals surface area contributed by atoms with E-state index in [0.29, 0.717) is 18.6 Å². The van der Waals surface area contributed by atoms with Gasteiger partial charge in [-0.15, -0.1) is 0 Å². The molecule has 2 fully saturated rings. The van der Waals surface area contributed by atoms with Crippen LogP contribution in [-0.4, -0.2) is 48.2 Å². The third kappa shape index (κ3) is 6.77. The van der Waals surface area contributed by atoms with Crippen LogP contribution >= 0.6 is 0 Å².